The lowest BCUT2D eigenvalue weighted by Gasteiger charge is -2.35. The van der Waals surface area contributed by atoms with Gasteiger partial charge in [-0.3, -0.25) is 10.1 Å². The molecule has 1 fully saturated rings. The first-order chi connectivity index (χ1) is 17.2. The van der Waals surface area contributed by atoms with Gasteiger partial charge in [-0.1, -0.05) is 66.7 Å². The number of aromatic nitrogens is 3. The first-order valence-corrected chi connectivity index (χ1v) is 11.5. The summed E-state index contributed by atoms with van der Waals surface area (Å²) in [5.74, 6) is 1.43. The Morgan fingerprint density at radius 2 is 1.37 bits per heavy atom. The van der Waals surface area contributed by atoms with Crippen molar-refractivity contribution in [1.29, 1.82) is 0 Å². The van der Waals surface area contributed by atoms with Crippen LogP contribution in [0.3, 0.4) is 0 Å². The third-order valence-corrected chi connectivity index (χ3v) is 6.08. The fourth-order valence-electron chi connectivity index (χ4n) is 4.35. The number of rotatable bonds is 7. The van der Waals surface area contributed by atoms with Crippen molar-refractivity contribution in [2.24, 2.45) is 0 Å². The van der Waals surface area contributed by atoms with E-state index in [1.165, 1.54) is 6.33 Å². The topological polar surface area (TPSA) is 100 Å². The molecule has 2 aromatic heterocycles. The molecule has 9 heteroatoms. The standard InChI is InChI=1S/C26H25N7O2/c34-33(35)24-25(30-23(20-9-3-1-4-10-20)21-11-5-2-6-12-21)28-19-29-26(24)32-17-15-31(16-18-32)22-13-7-8-14-27-22/h1-14,19,23H,15-18H2,(H,28,29,30). The summed E-state index contributed by atoms with van der Waals surface area (Å²) in [6.07, 6.45) is 3.16. The SMILES string of the molecule is O=[N+]([O-])c1c(NC(c2ccccc2)c2ccccc2)ncnc1N1CCN(c2ccccn2)CC1. The van der Waals surface area contributed by atoms with E-state index < -0.39 is 4.92 Å². The Hall–Kier alpha value is -4.53. The van der Waals surface area contributed by atoms with Crippen LogP contribution in [0.2, 0.25) is 0 Å². The predicted molar refractivity (Wildman–Crippen MR) is 136 cm³/mol. The van der Waals surface area contributed by atoms with Crippen LogP contribution in [0, 0.1) is 10.1 Å². The maximum atomic E-state index is 12.3. The first kappa shape index (κ1) is 22.3. The first-order valence-electron chi connectivity index (χ1n) is 11.5. The quantitative estimate of drug-likeness (QED) is 0.317. The Bertz CT molecular complexity index is 1230. The molecule has 9 nitrogen and oxygen atoms in total. The number of anilines is 3. The van der Waals surface area contributed by atoms with Crippen molar-refractivity contribution in [3.8, 4) is 0 Å². The number of pyridine rings is 1. The molecule has 0 amide bonds. The van der Waals surface area contributed by atoms with Crippen LogP contribution >= 0.6 is 0 Å². The van der Waals surface area contributed by atoms with Gasteiger partial charge in [0.05, 0.1) is 11.0 Å². The molecule has 0 spiro atoms. The molecule has 0 aliphatic carbocycles. The fraction of sp³-hybridized carbons (Fsp3) is 0.192. The van der Waals surface area contributed by atoms with Crippen LogP contribution in [0.25, 0.3) is 0 Å². The van der Waals surface area contributed by atoms with Gasteiger partial charge < -0.3 is 15.1 Å². The van der Waals surface area contributed by atoms with Gasteiger partial charge in [-0.2, -0.15) is 0 Å². The average molecular weight is 468 g/mol. The lowest BCUT2D eigenvalue weighted by molar-refractivity contribution is -0.383. The van der Waals surface area contributed by atoms with Gasteiger partial charge in [0.15, 0.2) is 0 Å². The van der Waals surface area contributed by atoms with E-state index in [1.807, 2.05) is 83.8 Å². The minimum atomic E-state index is -0.393. The second-order valence-electron chi connectivity index (χ2n) is 8.21. The molecule has 35 heavy (non-hydrogen) atoms. The van der Waals surface area contributed by atoms with E-state index in [0.29, 0.717) is 32.0 Å². The molecule has 0 unspecified atom stereocenters. The van der Waals surface area contributed by atoms with Crippen molar-refractivity contribution in [3.63, 3.8) is 0 Å². The van der Waals surface area contributed by atoms with Crippen molar-refractivity contribution in [3.05, 3.63) is 113 Å². The summed E-state index contributed by atoms with van der Waals surface area (Å²) >= 11 is 0. The minimum Gasteiger partial charge on any atom is -0.353 e. The Kier molecular flexibility index (Phi) is 6.47. The lowest BCUT2D eigenvalue weighted by atomic mass is 9.98. The number of hydrogen-bond acceptors (Lipinski definition) is 8. The normalized spacial score (nSPS) is 13.6. The minimum absolute atomic E-state index is 0.115. The van der Waals surface area contributed by atoms with Gasteiger partial charge in [-0.05, 0) is 23.3 Å². The van der Waals surface area contributed by atoms with Crippen LogP contribution in [0.15, 0.2) is 91.4 Å². The Balaban J connectivity index is 1.44. The summed E-state index contributed by atoms with van der Waals surface area (Å²) in [4.78, 5) is 29.0. The molecule has 2 aromatic carbocycles. The van der Waals surface area contributed by atoms with Crippen LogP contribution in [0.5, 0.6) is 0 Å². The van der Waals surface area contributed by atoms with Crippen molar-refractivity contribution in [2.45, 2.75) is 6.04 Å². The number of nitrogens with zero attached hydrogens (tertiary/aromatic N) is 6. The van der Waals surface area contributed by atoms with Gasteiger partial charge in [0.2, 0.25) is 11.6 Å². The van der Waals surface area contributed by atoms with Gasteiger partial charge in [0.25, 0.3) is 0 Å². The molecular weight excluding hydrogens is 442 g/mol. The number of piperazine rings is 1. The van der Waals surface area contributed by atoms with Gasteiger partial charge in [0.1, 0.15) is 12.1 Å². The zero-order valence-electron chi connectivity index (χ0n) is 19.1. The molecule has 0 atom stereocenters. The fourth-order valence-corrected chi connectivity index (χ4v) is 4.35. The number of nitrogens with one attached hydrogen (secondary N) is 1. The number of nitro groups is 1. The lowest BCUT2D eigenvalue weighted by Crippen LogP contribution is -2.47. The summed E-state index contributed by atoms with van der Waals surface area (Å²) in [7, 11) is 0. The predicted octanol–water partition coefficient (Wildman–Crippen LogP) is 4.31. The largest absolute Gasteiger partial charge is 0.353 e. The maximum Gasteiger partial charge on any atom is 0.353 e. The zero-order valence-corrected chi connectivity index (χ0v) is 19.1. The molecule has 5 rings (SSSR count). The maximum absolute atomic E-state index is 12.3. The van der Waals surface area contributed by atoms with Crippen molar-refractivity contribution >= 4 is 23.1 Å². The van der Waals surface area contributed by atoms with E-state index in [4.69, 9.17) is 0 Å². The van der Waals surface area contributed by atoms with Crippen LogP contribution in [0.1, 0.15) is 17.2 Å². The van der Waals surface area contributed by atoms with Gasteiger partial charge in [-0.15, -0.1) is 0 Å². The highest BCUT2D eigenvalue weighted by molar-refractivity contribution is 5.71. The Labute approximate surface area is 203 Å². The molecule has 1 N–H and O–H groups in total. The average Bonchev–Trinajstić information content (AvgIpc) is 2.93. The monoisotopic (exact) mass is 467 g/mol. The molecule has 1 aliphatic heterocycles. The Morgan fingerprint density at radius 3 is 1.94 bits per heavy atom. The summed E-state index contributed by atoms with van der Waals surface area (Å²) in [6, 6.07) is 25.2. The second kappa shape index (κ2) is 10.2. The van der Waals surface area contributed by atoms with Gasteiger partial charge >= 0.3 is 5.69 Å². The second-order valence-corrected chi connectivity index (χ2v) is 8.21. The van der Waals surface area contributed by atoms with Crippen LogP contribution in [0.4, 0.5) is 23.1 Å². The molecular formula is C26H25N7O2. The van der Waals surface area contributed by atoms with Crippen molar-refractivity contribution in [1.82, 2.24) is 15.0 Å². The summed E-state index contributed by atoms with van der Waals surface area (Å²) in [6.45, 7) is 2.57. The molecule has 1 aliphatic rings. The van der Waals surface area contributed by atoms with E-state index in [9.17, 15) is 10.1 Å². The molecule has 0 saturated carbocycles. The third-order valence-electron chi connectivity index (χ3n) is 6.08. The van der Waals surface area contributed by atoms with Crippen LogP contribution in [-0.4, -0.2) is 46.1 Å². The van der Waals surface area contributed by atoms with E-state index in [-0.39, 0.29) is 17.5 Å². The highest BCUT2D eigenvalue weighted by Gasteiger charge is 2.31. The molecule has 176 valence electrons. The molecule has 4 aromatic rings. The van der Waals surface area contributed by atoms with E-state index in [1.54, 1.807) is 6.20 Å². The van der Waals surface area contributed by atoms with Crippen molar-refractivity contribution in [2.75, 3.05) is 41.3 Å². The summed E-state index contributed by atoms with van der Waals surface area (Å²) in [5, 5.41) is 15.6. The van der Waals surface area contributed by atoms with Crippen LogP contribution < -0.4 is 15.1 Å². The highest BCUT2D eigenvalue weighted by atomic mass is 16.6. The molecule has 0 radical (unpaired) electrons. The number of hydrogen-bond donors (Lipinski definition) is 1. The Morgan fingerprint density at radius 1 is 0.771 bits per heavy atom. The third kappa shape index (κ3) is 4.89. The van der Waals surface area contributed by atoms with Crippen LogP contribution in [-0.2, 0) is 0 Å². The van der Waals surface area contributed by atoms with Crippen molar-refractivity contribution < 1.29 is 4.92 Å². The zero-order chi connectivity index (χ0) is 24.0. The highest BCUT2D eigenvalue weighted by Crippen LogP contribution is 2.36. The van der Waals surface area contributed by atoms with Gasteiger partial charge in [0, 0.05) is 32.4 Å². The smallest absolute Gasteiger partial charge is 0.353 e. The van der Waals surface area contributed by atoms with Gasteiger partial charge in [-0.25, -0.2) is 15.0 Å². The van der Waals surface area contributed by atoms with E-state index in [0.717, 1.165) is 16.9 Å². The molecule has 0 bridgehead atoms. The molecule has 1 saturated heterocycles. The summed E-state index contributed by atoms with van der Waals surface area (Å²) < 4.78 is 0. The van der Waals surface area contributed by atoms with E-state index >= 15 is 0 Å². The summed E-state index contributed by atoms with van der Waals surface area (Å²) in [5.41, 5.74) is 1.85. The number of benzene rings is 2. The van der Waals surface area contributed by atoms with E-state index in [2.05, 4.69) is 25.2 Å². The molecule has 3 heterocycles.